The van der Waals surface area contributed by atoms with E-state index in [9.17, 15) is 18.0 Å². The Balaban J connectivity index is 2.13. The van der Waals surface area contributed by atoms with Crippen molar-refractivity contribution in [2.24, 2.45) is 0 Å². The van der Waals surface area contributed by atoms with Gasteiger partial charge >= 0.3 is 0 Å². The van der Waals surface area contributed by atoms with Gasteiger partial charge in [0, 0.05) is 19.2 Å². The lowest BCUT2D eigenvalue weighted by Crippen LogP contribution is -2.52. The maximum absolute atomic E-state index is 12.0. The summed E-state index contributed by atoms with van der Waals surface area (Å²) < 4.78 is 27.9. The number of imidazole rings is 1. The van der Waals surface area contributed by atoms with Crippen molar-refractivity contribution in [3.63, 3.8) is 0 Å². The molecule has 0 aliphatic carbocycles. The number of aryl methyl sites for hydroxylation is 1. The maximum atomic E-state index is 12.0. The SMILES string of the molecule is CCn1cnc(S(=O)(=O)NC2CCC(=O)NC2=O)c1. The van der Waals surface area contributed by atoms with Crippen LogP contribution in [0.15, 0.2) is 17.6 Å². The van der Waals surface area contributed by atoms with Gasteiger partial charge in [-0.15, -0.1) is 0 Å². The highest BCUT2D eigenvalue weighted by Crippen LogP contribution is 2.10. The van der Waals surface area contributed by atoms with Crippen molar-refractivity contribution >= 4 is 21.8 Å². The number of carbonyl (C=O) groups is 2. The number of aromatic nitrogens is 2. The largest absolute Gasteiger partial charge is 0.336 e. The molecule has 2 rings (SSSR count). The van der Waals surface area contributed by atoms with Gasteiger partial charge in [-0.1, -0.05) is 0 Å². The molecule has 8 nitrogen and oxygen atoms in total. The van der Waals surface area contributed by atoms with Crippen LogP contribution in [0.25, 0.3) is 0 Å². The zero-order chi connectivity index (χ0) is 14.0. The van der Waals surface area contributed by atoms with Crippen LogP contribution in [0.1, 0.15) is 19.8 Å². The third kappa shape index (κ3) is 2.99. The second-order valence-electron chi connectivity index (χ2n) is 4.17. The fourth-order valence-electron chi connectivity index (χ4n) is 1.70. The summed E-state index contributed by atoms with van der Waals surface area (Å²) in [6.45, 7) is 2.45. The summed E-state index contributed by atoms with van der Waals surface area (Å²) in [6, 6.07) is -0.936. The molecule has 1 unspecified atom stereocenters. The predicted octanol–water partition coefficient (Wildman–Crippen LogP) is -1.01. The summed E-state index contributed by atoms with van der Waals surface area (Å²) in [5.74, 6) is -1.02. The smallest absolute Gasteiger partial charge is 0.260 e. The van der Waals surface area contributed by atoms with E-state index in [0.717, 1.165) is 0 Å². The summed E-state index contributed by atoms with van der Waals surface area (Å²) >= 11 is 0. The van der Waals surface area contributed by atoms with Crippen molar-refractivity contribution < 1.29 is 18.0 Å². The molecule has 19 heavy (non-hydrogen) atoms. The van der Waals surface area contributed by atoms with E-state index in [-0.39, 0.29) is 17.9 Å². The molecule has 2 heterocycles. The molecular weight excluding hydrogens is 272 g/mol. The topological polar surface area (TPSA) is 110 Å². The van der Waals surface area contributed by atoms with Gasteiger partial charge in [0.1, 0.15) is 6.04 Å². The Bertz CT molecular complexity index is 607. The lowest BCUT2D eigenvalue weighted by atomic mass is 10.1. The first kappa shape index (κ1) is 13.7. The van der Waals surface area contributed by atoms with Crippen molar-refractivity contribution in [1.29, 1.82) is 0 Å². The number of hydrogen-bond donors (Lipinski definition) is 2. The van der Waals surface area contributed by atoms with Crippen molar-refractivity contribution in [3.8, 4) is 0 Å². The number of piperidine rings is 1. The zero-order valence-corrected chi connectivity index (χ0v) is 11.1. The van der Waals surface area contributed by atoms with Crippen LogP contribution in [-0.4, -0.2) is 35.8 Å². The normalized spacial score (nSPS) is 20.4. The highest BCUT2D eigenvalue weighted by Gasteiger charge is 2.31. The third-order valence-corrected chi connectivity index (χ3v) is 4.14. The van der Waals surface area contributed by atoms with Gasteiger partial charge in [-0.3, -0.25) is 14.9 Å². The first-order chi connectivity index (χ1) is 8.92. The standard InChI is InChI=1S/C10H14N4O4S/c1-2-14-5-9(11-6-14)19(17,18)13-7-3-4-8(15)12-10(7)16/h5-7,13H,2-4H2,1H3,(H,12,15,16). The van der Waals surface area contributed by atoms with Crippen LogP contribution in [0.2, 0.25) is 0 Å². The lowest BCUT2D eigenvalue weighted by molar-refractivity contribution is -0.134. The Kier molecular flexibility index (Phi) is 3.67. The molecule has 1 aromatic rings. The van der Waals surface area contributed by atoms with Crippen molar-refractivity contribution in [2.45, 2.75) is 37.4 Å². The molecule has 1 atom stereocenters. The average molecular weight is 286 g/mol. The summed E-state index contributed by atoms with van der Waals surface area (Å²) in [7, 11) is -3.85. The number of nitrogens with zero attached hydrogens (tertiary/aromatic N) is 2. The number of sulfonamides is 1. The molecule has 0 bridgehead atoms. The fourth-order valence-corrected chi connectivity index (χ4v) is 2.89. The van der Waals surface area contributed by atoms with Crippen molar-refractivity contribution in [3.05, 3.63) is 12.5 Å². The first-order valence-electron chi connectivity index (χ1n) is 5.80. The minimum atomic E-state index is -3.85. The molecule has 0 aromatic carbocycles. The Morgan fingerprint density at radius 2 is 2.26 bits per heavy atom. The van der Waals surface area contributed by atoms with Gasteiger partial charge in [0.05, 0.1) is 6.33 Å². The van der Waals surface area contributed by atoms with E-state index in [1.807, 2.05) is 6.92 Å². The quantitative estimate of drug-likeness (QED) is 0.689. The van der Waals surface area contributed by atoms with Crippen LogP contribution in [0, 0.1) is 0 Å². The molecule has 1 aliphatic heterocycles. The van der Waals surface area contributed by atoms with Crippen molar-refractivity contribution in [2.75, 3.05) is 0 Å². The summed E-state index contributed by atoms with van der Waals surface area (Å²) in [5.41, 5.74) is 0. The first-order valence-corrected chi connectivity index (χ1v) is 7.28. The molecule has 0 radical (unpaired) electrons. The lowest BCUT2D eigenvalue weighted by Gasteiger charge is -2.21. The van der Waals surface area contributed by atoms with Crippen LogP contribution in [0.3, 0.4) is 0 Å². The van der Waals surface area contributed by atoms with Gasteiger partial charge in [-0.2, -0.15) is 4.72 Å². The molecule has 9 heteroatoms. The van der Waals surface area contributed by atoms with E-state index in [4.69, 9.17) is 0 Å². The van der Waals surface area contributed by atoms with Gasteiger partial charge in [0.15, 0.2) is 5.03 Å². The van der Waals surface area contributed by atoms with E-state index >= 15 is 0 Å². The third-order valence-electron chi connectivity index (χ3n) is 2.79. The second kappa shape index (κ2) is 5.10. The van der Waals surface area contributed by atoms with Gasteiger partial charge in [0.2, 0.25) is 11.8 Å². The van der Waals surface area contributed by atoms with E-state index in [0.29, 0.717) is 6.54 Å². The van der Waals surface area contributed by atoms with Gasteiger partial charge in [0.25, 0.3) is 10.0 Å². The Hall–Kier alpha value is -1.74. The summed E-state index contributed by atoms with van der Waals surface area (Å²) in [4.78, 5) is 26.2. The number of hydrogen-bond acceptors (Lipinski definition) is 5. The van der Waals surface area contributed by atoms with Crippen LogP contribution in [0.4, 0.5) is 0 Å². The second-order valence-corrected chi connectivity index (χ2v) is 5.83. The van der Waals surface area contributed by atoms with Gasteiger partial charge in [-0.25, -0.2) is 13.4 Å². The molecule has 1 fully saturated rings. The minimum absolute atomic E-state index is 0.113. The molecule has 0 saturated carbocycles. The minimum Gasteiger partial charge on any atom is -0.336 e. The summed E-state index contributed by atoms with van der Waals surface area (Å²) in [6.07, 6.45) is 3.05. The fraction of sp³-hybridized carbons (Fsp3) is 0.500. The van der Waals surface area contributed by atoms with Crippen LogP contribution < -0.4 is 10.0 Å². The number of imide groups is 1. The molecule has 2 N–H and O–H groups in total. The zero-order valence-electron chi connectivity index (χ0n) is 10.3. The van der Waals surface area contributed by atoms with E-state index < -0.39 is 27.9 Å². The summed E-state index contributed by atoms with van der Waals surface area (Å²) in [5, 5.41) is 1.95. The number of nitrogens with one attached hydrogen (secondary N) is 2. The average Bonchev–Trinajstić information content (AvgIpc) is 2.82. The Labute approximate surface area is 110 Å². The maximum Gasteiger partial charge on any atom is 0.260 e. The monoisotopic (exact) mass is 286 g/mol. The highest BCUT2D eigenvalue weighted by molar-refractivity contribution is 7.89. The highest BCUT2D eigenvalue weighted by atomic mass is 32.2. The number of amides is 2. The van der Waals surface area contributed by atoms with Crippen LogP contribution in [-0.2, 0) is 26.2 Å². The van der Waals surface area contributed by atoms with Crippen LogP contribution >= 0.6 is 0 Å². The van der Waals surface area contributed by atoms with Crippen LogP contribution in [0.5, 0.6) is 0 Å². The molecule has 1 saturated heterocycles. The van der Waals surface area contributed by atoms with E-state index in [1.54, 1.807) is 4.57 Å². The molecule has 1 aromatic heterocycles. The van der Waals surface area contributed by atoms with Gasteiger partial charge in [-0.05, 0) is 13.3 Å². The van der Waals surface area contributed by atoms with E-state index in [1.165, 1.54) is 12.5 Å². The number of rotatable bonds is 4. The molecule has 0 spiro atoms. The Morgan fingerprint density at radius 3 is 2.84 bits per heavy atom. The van der Waals surface area contributed by atoms with Gasteiger partial charge < -0.3 is 4.57 Å². The van der Waals surface area contributed by atoms with E-state index in [2.05, 4.69) is 15.0 Å². The Morgan fingerprint density at radius 1 is 1.53 bits per heavy atom. The molecular formula is C10H14N4O4S. The predicted molar refractivity (Wildman–Crippen MR) is 64.4 cm³/mol. The molecule has 1 aliphatic rings. The number of carbonyl (C=O) groups excluding carboxylic acids is 2. The molecule has 2 amide bonds. The molecule has 104 valence electrons. The van der Waals surface area contributed by atoms with Crippen molar-refractivity contribution in [1.82, 2.24) is 19.6 Å².